The van der Waals surface area contributed by atoms with Crippen molar-refractivity contribution < 1.29 is 14.6 Å². The molecule has 0 aliphatic rings. The maximum Gasteiger partial charge on any atom is 0.305 e. The van der Waals surface area contributed by atoms with Crippen LogP contribution in [0.15, 0.2) is 18.2 Å². The molecule has 17 heavy (non-hydrogen) atoms. The summed E-state index contributed by atoms with van der Waals surface area (Å²) in [6.45, 7) is 1.79. The molecule has 1 atom stereocenters. The number of rotatable bonds is 4. The summed E-state index contributed by atoms with van der Waals surface area (Å²) in [6.07, 6.45) is 0.00959. The van der Waals surface area contributed by atoms with Crippen molar-refractivity contribution >= 4 is 17.0 Å². The Hall–Kier alpha value is -2.11. The number of aromatic nitrogens is 3. The van der Waals surface area contributed by atoms with Crippen LogP contribution in [0.25, 0.3) is 11.0 Å². The lowest BCUT2D eigenvalue weighted by molar-refractivity contribution is -0.137. The molecule has 0 aliphatic heterocycles. The average Bonchev–Trinajstić information content (AvgIpc) is 2.70. The lowest BCUT2D eigenvalue weighted by Gasteiger charge is -2.09. The van der Waals surface area contributed by atoms with Crippen LogP contribution < -0.4 is 4.74 Å². The zero-order valence-electron chi connectivity index (χ0n) is 9.62. The largest absolute Gasteiger partial charge is 0.497 e. The standard InChI is InChI=1S/C11H13N3O3/c1-7(5-11(15)16)14-10-6-8(17-2)3-4-9(10)12-13-14/h3-4,6-7H,5H2,1-2H3,(H,15,16). The highest BCUT2D eigenvalue weighted by Gasteiger charge is 2.14. The molecule has 2 rings (SSSR count). The molecule has 0 spiro atoms. The van der Waals surface area contributed by atoms with E-state index in [1.165, 1.54) is 0 Å². The van der Waals surface area contributed by atoms with E-state index < -0.39 is 5.97 Å². The van der Waals surface area contributed by atoms with E-state index in [9.17, 15) is 4.79 Å². The van der Waals surface area contributed by atoms with Gasteiger partial charge in [-0.2, -0.15) is 0 Å². The molecule has 0 aliphatic carbocycles. The molecule has 0 amide bonds. The van der Waals surface area contributed by atoms with Gasteiger partial charge in [0.1, 0.15) is 11.3 Å². The normalized spacial score (nSPS) is 12.6. The zero-order chi connectivity index (χ0) is 12.4. The van der Waals surface area contributed by atoms with Crippen LogP contribution in [0.1, 0.15) is 19.4 Å². The second-order valence-corrected chi connectivity index (χ2v) is 3.84. The highest BCUT2D eigenvalue weighted by Crippen LogP contribution is 2.22. The van der Waals surface area contributed by atoms with Gasteiger partial charge in [-0.15, -0.1) is 5.10 Å². The summed E-state index contributed by atoms with van der Waals surface area (Å²) in [5.74, 6) is -0.160. The van der Waals surface area contributed by atoms with Gasteiger partial charge in [-0.3, -0.25) is 4.79 Å². The fraction of sp³-hybridized carbons (Fsp3) is 0.364. The van der Waals surface area contributed by atoms with Gasteiger partial charge < -0.3 is 9.84 Å². The van der Waals surface area contributed by atoms with Crippen molar-refractivity contribution in [2.75, 3.05) is 7.11 Å². The number of nitrogens with zero attached hydrogens (tertiary/aromatic N) is 3. The minimum Gasteiger partial charge on any atom is -0.497 e. The lowest BCUT2D eigenvalue weighted by Crippen LogP contribution is -2.11. The summed E-state index contributed by atoms with van der Waals surface area (Å²) in [5.41, 5.74) is 1.50. The number of fused-ring (bicyclic) bond motifs is 1. The molecule has 0 saturated carbocycles. The number of carboxylic acid groups (broad SMARTS) is 1. The van der Waals surface area contributed by atoms with E-state index in [1.54, 1.807) is 36.9 Å². The Morgan fingerprint density at radius 2 is 2.35 bits per heavy atom. The van der Waals surface area contributed by atoms with E-state index in [0.717, 1.165) is 11.0 Å². The molecule has 1 N–H and O–H groups in total. The highest BCUT2D eigenvalue weighted by atomic mass is 16.5. The lowest BCUT2D eigenvalue weighted by atomic mass is 10.2. The monoisotopic (exact) mass is 235 g/mol. The summed E-state index contributed by atoms with van der Waals surface area (Å²) < 4.78 is 6.73. The van der Waals surface area contributed by atoms with Gasteiger partial charge in [0.05, 0.1) is 25.1 Å². The Kier molecular flexibility index (Phi) is 2.95. The van der Waals surface area contributed by atoms with Gasteiger partial charge in [-0.25, -0.2) is 4.68 Å². The fourth-order valence-corrected chi connectivity index (χ4v) is 1.71. The van der Waals surface area contributed by atoms with Crippen LogP contribution in [0.2, 0.25) is 0 Å². The fourth-order valence-electron chi connectivity index (χ4n) is 1.71. The van der Waals surface area contributed by atoms with Gasteiger partial charge in [0.2, 0.25) is 0 Å². The third-order valence-electron chi connectivity index (χ3n) is 2.57. The average molecular weight is 235 g/mol. The number of methoxy groups -OCH3 is 1. The zero-order valence-corrected chi connectivity index (χ0v) is 9.62. The van der Waals surface area contributed by atoms with Crippen LogP contribution in [-0.4, -0.2) is 33.2 Å². The second-order valence-electron chi connectivity index (χ2n) is 3.84. The summed E-state index contributed by atoms with van der Waals surface area (Å²) >= 11 is 0. The summed E-state index contributed by atoms with van der Waals surface area (Å²) in [5, 5.41) is 16.7. The van der Waals surface area contributed by atoms with Gasteiger partial charge in [0.25, 0.3) is 0 Å². The number of ether oxygens (including phenoxy) is 1. The van der Waals surface area contributed by atoms with Crippen LogP contribution in [0.5, 0.6) is 5.75 Å². The first-order valence-corrected chi connectivity index (χ1v) is 5.22. The van der Waals surface area contributed by atoms with Gasteiger partial charge in [-0.1, -0.05) is 5.21 Å². The number of carboxylic acids is 1. The van der Waals surface area contributed by atoms with Crippen molar-refractivity contribution in [3.8, 4) is 5.75 Å². The third-order valence-corrected chi connectivity index (χ3v) is 2.57. The summed E-state index contributed by atoms with van der Waals surface area (Å²) in [7, 11) is 1.58. The Morgan fingerprint density at radius 3 is 3.00 bits per heavy atom. The third kappa shape index (κ3) is 2.20. The summed E-state index contributed by atoms with van der Waals surface area (Å²) in [4.78, 5) is 10.7. The summed E-state index contributed by atoms with van der Waals surface area (Å²) in [6, 6.07) is 5.15. The predicted octanol–water partition coefficient (Wildman–Crippen LogP) is 1.48. The molecule has 1 aromatic heterocycles. The predicted molar refractivity (Wildman–Crippen MR) is 61.0 cm³/mol. The maximum absolute atomic E-state index is 10.7. The maximum atomic E-state index is 10.7. The number of carbonyl (C=O) groups is 1. The van der Waals surface area contributed by atoms with Crippen LogP contribution in [-0.2, 0) is 4.79 Å². The van der Waals surface area contributed by atoms with Crippen molar-refractivity contribution in [2.45, 2.75) is 19.4 Å². The topological polar surface area (TPSA) is 77.2 Å². The number of aliphatic carboxylic acids is 1. The van der Waals surface area contributed by atoms with E-state index in [1.807, 2.05) is 0 Å². The molecule has 1 unspecified atom stereocenters. The molecule has 0 radical (unpaired) electrons. The number of hydrogen-bond donors (Lipinski definition) is 1. The van der Waals surface area contributed by atoms with Gasteiger partial charge >= 0.3 is 5.97 Å². The first-order valence-electron chi connectivity index (χ1n) is 5.22. The Morgan fingerprint density at radius 1 is 1.59 bits per heavy atom. The van der Waals surface area contributed by atoms with Crippen molar-refractivity contribution in [1.29, 1.82) is 0 Å². The van der Waals surface area contributed by atoms with Crippen LogP contribution in [0.3, 0.4) is 0 Å². The molecule has 0 fully saturated rings. The van der Waals surface area contributed by atoms with Crippen LogP contribution in [0.4, 0.5) is 0 Å². The van der Waals surface area contributed by atoms with Crippen molar-refractivity contribution in [1.82, 2.24) is 15.0 Å². The molecule has 1 aromatic carbocycles. The Bertz CT molecular complexity index is 550. The van der Waals surface area contributed by atoms with Crippen molar-refractivity contribution in [2.24, 2.45) is 0 Å². The highest BCUT2D eigenvalue weighted by molar-refractivity contribution is 5.76. The minimum atomic E-state index is -0.857. The molecule has 0 saturated heterocycles. The molecule has 90 valence electrons. The van der Waals surface area contributed by atoms with E-state index >= 15 is 0 Å². The first kappa shape index (κ1) is 11.4. The smallest absolute Gasteiger partial charge is 0.305 e. The van der Waals surface area contributed by atoms with Crippen LogP contribution in [0, 0.1) is 0 Å². The van der Waals surface area contributed by atoms with E-state index in [4.69, 9.17) is 9.84 Å². The van der Waals surface area contributed by atoms with E-state index in [0.29, 0.717) is 5.75 Å². The number of hydrogen-bond acceptors (Lipinski definition) is 4. The van der Waals surface area contributed by atoms with E-state index in [2.05, 4.69) is 10.3 Å². The van der Waals surface area contributed by atoms with Crippen molar-refractivity contribution in [3.63, 3.8) is 0 Å². The molecular formula is C11H13N3O3. The molecule has 6 heteroatoms. The van der Waals surface area contributed by atoms with Crippen molar-refractivity contribution in [3.05, 3.63) is 18.2 Å². The van der Waals surface area contributed by atoms with Crippen LogP contribution >= 0.6 is 0 Å². The van der Waals surface area contributed by atoms with Gasteiger partial charge in [-0.05, 0) is 19.1 Å². The molecule has 6 nitrogen and oxygen atoms in total. The molecular weight excluding hydrogens is 222 g/mol. The van der Waals surface area contributed by atoms with E-state index in [-0.39, 0.29) is 12.5 Å². The Balaban J connectivity index is 2.43. The first-order chi connectivity index (χ1) is 8.11. The molecule has 1 heterocycles. The Labute approximate surface area is 97.8 Å². The second kappa shape index (κ2) is 4.40. The number of benzene rings is 1. The SMILES string of the molecule is COc1ccc2nnn(C(C)CC(=O)O)c2c1. The molecule has 2 aromatic rings. The minimum absolute atomic E-state index is 0.00959. The quantitative estimate of drug-likeness (QED) is 0.868. The van der Waals surface area contributed by atoms with Gasteiger partial charge in [0, 0.05) is 6.07 Å². The van der Waals surface area contributed by atoms with Gasteiger partial charge in [0.15, 0.2) is 0 Å². The molecule has 0 bridgehead atoms.